The molecule has 41 heavy (non-hydrogen) atoms. The number of alkyl halides is 1. The van der Waals surface area contributed by atoms with Gasteiger partial charge < -0.3 is 20.3 Å². The zero-order valence-electron chi connectivity index (χ0n) is 26.0. The van der Waals surface area contributed by atoms with E-state index in [0.717, 1.165) is 64.7 Å². The number of piperidine rings is 1. The van der Waals surface area contributed by atoms with Gasteiger partial charge in [0.2, 0.25) is 0 Å². The largest absolute Gasteiger partial charge is 0.369 e. The number of rotatable bonds is 4. The lowest BCUT2D eigenvalue weighted by molar-refractivity contribution is -0.213. The van der Waals surface area contributed by atoms with E-state index in [-0.39, 0.29) is 71.1 Å². The Morgan fingerprint density at radius 1 is 1.05 bits per heavy atom. The fourth-order valence-electron chi connectivity index (χ4n) is 9.40. The number of piperazine rings is 1. The van der Waals surface area contributed by atoms with E-state index < -0.39 is 12.1 Å². The highest BCUT2D eigenvalue weighted by Gasteiger charge is 2.59. The predicted molar refractivity (Wildman–Crippen MR) is 157 cm³/mol. The molecule has 7 unspecified atom stereocenters. The fourth-order valence-corrected chi connectivity index (χ4v) is 9.40. The molecule has 230 valence electrons. The van der Waals surface area contributed by atoms with Crippen LogP contribution in [0.5, 0.6) is 0 Å². The van der Waals surface area contributed by atoms with Crippen LogP contribution in [-0.2, 0) is 14.3 Å². The number of ketones is 1. The van der Waals surface area contributed by atoms with E-state index in [9.17, 15) is 9.59 Å². The van der Waals surface area contributed by atoms with Crippen molar-refractivity contribution in [2.75, 3.05) is 26.2 Å². The Morgan fingerprint density at radius 3 is 2.37 bits per heavy atom. The van der Waals surface area contributed by atoms with Gasteiger partial charge in [0.25, 0.3) is 5.91 Å². The summed E-state index contributed by atoms with van der Waals surface area (Å²) in [5.41, 5.74) is -0.0343. The van der Waals surface area contributed by atoms with Crippen LogP contribution in [0.25, 0.3) is 0 Å². The third kappa shape index (κ3) is 5.61. The smallest absolute Gasteiger partial charge is 0.256 e. The summed E-state index contributed by atoms with van der Waals surface area (Å²) in [6.07, 6.45) is 6.21. The van der Waals surface area contributed by atoms with Crippen LogP contribution in [0.4, 0.5) is 4.39 Å². The van der Waals surface area contributed by atoms with Crippen molar-refractivity contribution in [1.82, 2.24) is 25.3 Å². The molecule has 0 spiro atoms. The molecule has 9 heteroatoms. The summed E-state index contributed by atoms with van der Waals surface area (Å²) in [5, 5.41) is 6.88. The number of carbonyl (C=O) groups excluding carboxylic acids is 2. The molecule has 3 saturated heterocycles. The third-order valence-corrected chi connectivity index (χ3v) is 10.8. The molecule has 8 nitrogen and oxygen atoms in total. The van der Waals surface area contributed by atoms with E-state index in [2.05, 4.69) is 66.9 Å². The number of nitrogens with zero attached hydrogens (tertiary/aromatic N) is 3. The Hall–Kier alpha value is -1.55. The van der Waals surface area contributed by atoms with Crippen molar-refractivity contribution in [2.45, 2.75) is 146 Å². The van der Waals surface area contributed by atoms with Gasteiger partial charge in [-0.1, -0.05) is 12.8 Å². The lowest BCUT2D eigenvalue weighted by Gasteiger charge is -2.60. The highest BCUT2D eigenvalue weighted by atomic mass is 19.1. The molecule has 2 aliphatic carbocycles. The molecule has 4 aliphatic heterocycles. The summed E-state index contributed by atoms with van der Waals surface area (Å²) in [6.45, 7) is 16.5. The molecule has 0 aromatic rings. The van der Waals surface area contributed by atoms with Crippen LogP contribution in [0.1, 0.15) is 86.5 Å². The maximum Gasteiger partial charge on any atom is 0.256 e. The van der Waals surface area contributed by atoms with E-state index in [1.807, 2.05) is 6.20 Å². The van der Waals surface area contributed by atoms with Crippen LogP contribution in [0.3, 0.4) is 0 Å². The molecule has 4 heterocycles. The second-order valence-corrected chi connectivity index (χ2v) is 15.3. The number of ether oxygens (including phenoxy) is 1. The Kier molecular flexibility index (Phi) is 7.82. The molecule has 0 bridgehead atoms. The van der Waals surface area contributed by atoms with Gasteiger partial charge in [0.15, 0.2) is 5.78 Å². The van der Waals surface area contributed by atoms with Crippen molar-refractivity contribution in [2.24, 2.45) is 5.92 Å². The van der Waals surface area contributed by atoms with E-state index in [0.29, 0.717) is 6.04 Å². The molecule has 5 fully saturated rings. The molecular formula is C32H52FN5O3. The minimum Gasteiger partial charge on any atom is -0.369 e. The SMILES string of the molecule is CC(C)N1CCN(C2C(F)CC3C(=O)C(C(=O)NC4CC(C)(C)NC(C)(C)C4)=CN4C5CCCCC5OC2C34)CC1. The fraction of sp³-hybridized carbons (Fsp3) is 0.875. The first kappa shape index (κ1) is 29.5. The van der Waals surface area contributed by atoms with E-state index in [4.69, 9.17) is 4.74 Å². The highest BCUT2D eigenvalue weighted by molar-refractivity contribution is 6.20. The molecule has 2 N–H and O–H groups in total. The molecule has 0 aromatic carbocycles. The van der Waals surface area contributed by atoms with Crippen LogP contribution in [0.2, 0.25) is 0 Å². The molecule has 2 saturated carbocycles. The number of amides is 1. The summed E-state index contributed by atoms with van der Waals surface area (Å²) in [6, 6.07) is 0.0112. The zero-order valence-corrected chi connectivity index (χ0v) is 26.0. The third-order valence-electron chi connectivity index (χ3n) is 10.8. The van der Waals surface area contributed by atoms with Crippen molar-refractivity contribution >= 4 is 11.7 Å². The average molecular weight is 574 g/mol. The first-order valence-electron chi connectivity index (χ1n) is 16.2. The van der Waals surface area contributed by atoms with E-state index in [1.54, 1.807) is 0 Å². The van der Waals surface area contributed by atoms with Gasteiger partial charge >= 0.3 is 0 Å². The molecule has 6 rings (SSSR count). The number of halogens is 1. The van der Waals surface area contributed by atoms with Crippen LogP contribution < -0.4 is 10.6 Å². The van der Waals surface area contributed by atoms with Gasteiger partial charge in [-0.2, -0.15) is 0 Å². The zero-order chi connectivity index (χ0) is 29.3. The monoisotopic (exact) mass is 573 g/mol. The molecule has 7 atom stereocenters. The number of Topliss-reactive ketones (excluding diaryl/α,β-unsaturated/α-hetero) is 1. The predicted octanol–water partition coefficient (Wildman–Crippen LogP) is 3.01. The number of hydrogen-bond acceptors (Lipinski definition) is 7. The number of nitrogens with one attached hydrogen (secondary N) is 2. The maximum absolute atomic E-state index is 16.3. The summed E-state index contributed by atoms with van der Waals surface area (Å²) in [4.78, 5) is 34.9. The van der Waals surface area contributed by atoms with E-state index >= 15 is 4.39 Å². The Bertz CT molecular complexity index is 1040. The molecular weight excluding hydrogens is 521 g/mol. The van der Waals surface area contributed by atoms with Gasteiger partial charge in [-0.3, -0.25) is 19.4 Å². The lowest BCUT2D eigenvalue weighted by atomic mass is 9.69. The highest BCUT2D eigenvalue weighted by Crippen LogP contribution is 2.47. The second kappa shape index (κ2) is 10.9. The average Bonchev–Trinajstić information content (AvgIpc) is 2.88. The number of carbonyl (C=O) groups is 2. The molecule has 0 radical (unpaired) electrons. The van der Waals surface area contributed by atoms with Gasteiger partial charge in [-0.05, 0) is 73.6 Å². The topological polar surface area (TPSA) is 77.2 Å². The van der Waals surface area contributed by atoms with Crippen molar-refractivity contribution in [1.29, 1.82) is 0 Å². The van der Waals surface area contributed by atoms with Crippen molar-refractivity contribution < 1.29 is 18.7 Å². The Morgan fingerprint density at radius 2 is 1.71 bits per heavy atom. The van der Waals surface area contributed by atoms with Crippen molar-refractivity contribution in [3.63, 3.8) is 0 Å². The summed E-state index contributed by atoms with van der Waals surface area (Å²) < 4.78 is 23.1. The standard InChI is InChI=1S/C32H52FN5O3/c1-19(2)36-11-13-37(14-12-36)27-23(33)15-21-26-29(27)41-25-10-8-7-9-24(25)38(26)18-22(28(21)39)30(40)34-20-16-31(3,4)35-32(5,6)17-20/h18-21,23-27,29,35H,7-17H2,1-6H3,(H,34,40). The summed E-state index contributed by atoms with van der Waals surface area (Å²) in [5.74, 6) is -1.06. The molecule has 0 aromatic heterocycles. The Labute approximate surface area is 245 Å². The number of morpholine rings is 1. The van der Waals surface area contributed by atoms with Crippen LogP contribution >= 0.6 is 0 Å². The number of hydrogen-bond donors (Lipinski definition) is 2. The van der Waals surface area contributed by atoms with Gasteiger partial charge in [0, 0.05) is 61.5 Å². The summed E-state index contributed by atoms with van der Waals surface area (Å²) in [7, 11) is 0. The second-order valence-electron chi connectivity index (χ2n) is 15.3. The van der Waals surface area contributed by atoms with Crippen molar-refractivity contribution in [3.8, 4) is 0 Å². The first-order chi connectivity index (χ1) is 19.3. The van der Waals surface area contributed by atoms with Crippen molar-refractivity contribution in [3.05, 3.63) is 11.8 Å². The minimum atomic E-state index is -1.16. The maximum atomic E-state index is 16.3. The van der Waals surface area contributed by atoms with Gasteiger partial charge in [0.05, 0.1) is 35.9 Å². The molecule has 1 amide bonds. The van der Waals surface area contributed by atoms with Crippen LogP contribution in [0.15, 0.2) is 11.8 Å². The van der Waals surface area contributed by atoms with Crippen LogP contribution in [0, 0.1) is 5.92 Å². The van der Waals surface area contributed by atoms with Crippen LogP contribution in [-0.4, -0.2) is 112 Å². The molecule has 6 aliphatic rings. The Balaban J connectivity index is 1.27. The van der Waals surface area contributed by atoms with E-state index in [1.165, 1.54) is 0 Å². The number of fused-ring (bicyclic) bond motifs is 2. The quantitative estimate of drug-likeness (QED) is 0.501. The summed E-state index contributed by atoms with van der Waals surface area (Å²) >= 11 is 0. The van der Waals surface area contributed by atoms with Gasteiger partial charge in [0.1, 0.15) is 6.17 Å². The van der Waals surface area contributed by atoms with Gasteiger partial charge in [-0.25, -0.2) is 4.39 Å². The lowest BCUT2D eigenvalue weighted by Crippen LogP contribution is -2.74. The minimum absolute atomic E-state index is 0.00943. The first-order valence-corrected chi connectivity index (χ1v) is 16.2. The van der Waals surface area contributed by atoms with Gasteiger partial charge in [-0.15, -0.1) is 0 Å². The normalized spacial score (nSPS) is 39.6.